The Morgan fingerprint density at radius 2 is 2.20 bits per heavy atom. The van der Waals surface area contributed by atoms with E-state index < -0.39 is 5.97 Å². The lowest BCUT2D eigenvalue weighted by molar-refractivity contribution is -0.131. The zero-order valence-corrected chi connectivity index (χ0v) is 12.6. The Labute approximate surface area is 122 Å². The van der Waals surface area contributed by atoms with Gasteiger partial charge in [-0.05, 0) is 50.8 Å². The molecule has 0 saturated carbocycles. The molecular weight excluding hydrogens is 274 g/mol. The van der Waals surface area contributed by atoms with Crippen molar-refractivity contribution >= 4 is 29.3 Å². The third-order valence-electron chi connectivity index (χ3n) is 3.61. The van der Waals surface area contributed by atoms with Gasteiger partial charge in [0.05, 0.1) is 4.88 Å². The monoisotopic (exact) mass is 293 g/mol. The number of rotatable bonds is 3. The molecule has 2 heterocycles. The summed E-state index contributed by atoms with van der Waals surface area (Å²) in [5.41, 5.74) is 0.945. The fourth-order valence-corrected chi connectivity index (χ4v) is 3.49. The van der Waals surface area contributed by atoms with E-state index in [1.54, 1.807) is 6.08 Å². The zero-order chi connectivity index (χ0) is 14.7. The van der Waals surface area contributed by atoms with Crippen LogP contribution in [0.15, 0.2) is 12.1 Å². The van der Waals surface area contributed by atoms with Crippen molar-refractivity contribution in [2.45, 2.75) is 39.2 Å². The molecule has 1 aromatic rings. The number of carbonyl (C=O) groups is 2. The maximum Gasteiger partial charge on any atom is 0.328 e. The highest BCUT2D eigenvalue weighted by molar-refractivity contribution is 7.15. The second-order valence-corrected chi connectivity index (χ2v) is 6.26. The van der Waals surface area contributed by atoms with Crippen LogP contribution in [0.4, 0.5) is 0 Å². The van der Waals surface area contributed by atoms with Gasteiger partial charge in [-0.25, -0.2) is 4.79 Å². The molecule has 0 aromatic carbocycles. The molecule has 5 heteroatoms. The van der Waals surface area contributed by atoms with Gasteiger partial charge >= 0.3 is 5.97 Å². The summed E-state index contributed by atoms with van der Waals surface area (Å²) in [5.74, 6) is -0.907. The lowest BCUT2D eigenvalue weighted by Crippen LogP contribution is -2.41. The second kappa shape index (κ2) is 6.22. The van der Waals surface area contributed by atoms with Gasteiger partial charge in [-0.3, -0.25) is 4.79 Å². The molecule has 1 fully saturated rings. The van der Waals surface area contributed by atoms with Gasteiger partial charge in [0, 0.05) is 23.5 Å². The van der Waals surface area contributed by atoms with Crippen molar-refractivity contribution in [3.8, 4) is 0 Å². The van der Waals surface area contributed by atoms with Gasteiger partial charge in [0.15, 0.2) is 0 Å². The highest BCUT2D eigenvalue weighted by Gasteiger charge is 2.25. The van der Waals surface area contributed by atoms with Gasteiger partial charge in [0.2, 0.25) is 0 Å². The Morgan fingerprint density at radius 3 is 2.85 bits per heavy atom. The van der Waals surface area contributed by atoms with Crippen molar-refractivity contribution in [2.75, 3.05) is 6.54 Å². The van der Waals surface area contributed by atoms with Crippen molar-refractivity contribution in [1.82, 2.24) is 4.90 Å². The minimum atomic E-state index is -0.977. The maximum atomic E-state index is 12.5. The molecule has 1 aliphatic heterocycles. The van der Waals surface area contributed by atoms with Crippen LogP contribution in [-0.4, -0.2) is 34.5 Å². The lowest BCUT2D eigenvalue weighted by atomic mass is 10.0. The standard InChI is InChI=1S/C15H19NO3S/c1-10-9-13(20-12(10)6-7-14(17)18)15(19)16-8-4-3-5-11(16)2/h6-7,9,11H,3-5,8H2,1-2H3,(H,17,18)/b7-6+. The van der Waals surface area contributed by atoms with Crippen LogP contribution in [0.5, 0.6) is 0 Å². The molecule has 1 aliphatic rings. The highest BCUT2D eigenvalue weighted by atomic mass is 32.1. The van der Waals surface area contributed by atoms with E-state index in [2.05, 4.69) is 6.92 Å². The molecular formula is C15H19NO3S. The molecule has 1 amide bonds. The highest BCUT2D eigenvalue weighted by Crippen LogP contribution is 2.27. The number of amides is 1. The van der Waals surface area contributed by atoms with Crippen molar-refractivity contribution in [3.63, 3.8) is 0 Å². The van der Waals surface area contributed by atoms with E-state index in [4.69, 9.17) is 5.11 Å². The number of hydrogen-bond acceptors (Lipinski definition) is 3. The second-order valence-electron chi connectivity index (χ2n) is 5.17. The normalized spacial score (nSPS) is 19.5. The number of likely N-dealkylation sites (tertiary alicyclic amines) is 1. The third-order valence-corrected chi connectivity index (χ3v) is 4.80. The number of carboxylic acids is 1. The molecule has 0 bridgehead atoms. The first-order chi connectivity index (χ1) is 9.49. The zero-order valence-electron chi connectivity index (χ0n) is 11.8. The minimum absolute atomic E-state index is 0.0697. The first kappa shape index (κ1) is 14.8. The number of aliphatic carboxylic acids is 1. The molecule has 4 nitrogen and oxygen atoms in total. The first-order valence-electron chi connectivity index (χ1n) is 6.81. The summed E-state index contributed by atoms with van der Waals surface area (Å²) in [6.45, 7) is 4.80. The van der Waals surface area contributed by atoms with E-state index in [0.29, 0.717) is 4.88 Å². The minimum Gasteiger partial charge on any atom is -0.478 e. The average molecular weight is 293 g/mol. The van der Waals surface area contributed by atoms with E-state index in [1.165, 1.54) is 17.8 Å². The van der Waals surface area contributed by atoms with Crippen LogP contribution in [-0.2, 0) is 4.79 Å². The van der Waals surface area contributed by atoms with Crippen molar-refractivity contribution < 1.29 is 14.7 Å². The summed E-state index contributed by atoms with van der Waals surface area (Å²) in [7, 11) is 0. The van der Waals surface area contributed by atoms with Gasteiger partial charge in [-0.2, -0.15) is 0 Å². The molecule has 2 rings (SSSR count). The molecule has 1 aromatic heterocycles. The van der Waals surface area contributed by atoms with Gasteiger partial charge in [-0.15, -0.1) is 11.3 Å². The Morgan fingerprint density at radius 1 is 1.45 bits per heavy atom. The van der Waals surface area contributed by atoms with Gasteiger partial charge < -0.3 is 10.0 Å². The number of aryl methyl sites for hydroxylation is 1. The van der Waals surface area contributed by atoms with Crippen LogP contribution in [0, 0.1) is 6.92 Å². The largest absolute Gasteiger partial charge is 0.478 e. The summed E-state index contributed by atoms with van der Waals surface area (Å²) in [6, 6.07) is 2.15. The van der Waals surface area contributed by atoms with E-state index >= 15 is 0 Å². The number of thiophene rings is 1. The number of carboxylic acid groups (broad SMARTS) is 1. The molecule has 0 radical (unpaired) electrons. The van der Waals surface area contributed by atoms with Crippen LogP contribution in [0.3, 0.4) is 0 Å². The topological polar surface area (TPSA) is 57.6 Å². The van der Waals surface area contributed by atoms with Crippen LogP contribution < -0.4 is 0 Å². The number of piperidine rings is 1. The van der Waals surface area contributed by atoms with Crippen LogP contribution in [0.2, 0.25) is 0 Å². The van der Waals surface area contributed by atoms with E-state index in [9.17, 15) is 9.59 Å². The fourth-order valence-electron chi connectivity index (χ4n) is 2.46. The molecule has 0 aliphatic carbocycles. The summed E-state index contributed by atoms with van der Waals surface area (Å²) in [5, 5.41) is 8.66. The SMILES string of the molecule is Cc1cc(C(=O)N2CCCCC2C)sc1/C=C/C(=O)O. The summed E-state index contributed by atoms with van der Waals surface area (Å²) < 4.78 is 0. The molecule has 1 N–H and O–H groups in total. The van der Waals surface area contributed by atoms with E-state index in [-0.39, 0.29) is 11.9 Å². The average Bonchev–Trinajstić information content (AvgIpc) is 2.77. The Balaban J connectivity index is 2.18. The first-order valence-corrected chi connectivity index (χ1v) is 7.63. The molecule has 20 heavy (non-hydrogen) atoms. The Hall–Kier alpha value is -1.62. The van der Waals surface area contributed by atoms with Gasteiger partial charge in [0.25, 0.3) is 5.91 Å². The molecule has 1 atom stereocenters. The van der Waals surface area contributed by atoms with Gasteiger partial charge in [-0.1, -0.05) is 0 Å². The number of carbonyl (C=O) groups excluding carboxylic acids is 1. The van der Waals surface area contributed by atoms with Crippen LogP contribution in [0.1, 0.15) is 46.3 Å². The smallest absolute Gasteiger partial charge is 0.328 e. The fraction of sp³-hybridized carbons (Fsp3) is 0.467. The summed E-state index contributed by atoms with van der Waals surface area (Å²) in [4.78, 5) is 26.5. The molecule has 1 unspecified atom stereocenters. The number of nitrogens with zero attached hydrogens (tertiary/aromatic N) is 1. The predicted molar refractivity (Wildman–Crippen MR) is 80.1 cm³/mol. The Bertz CT molecular complexity index is 547. The van der Waals surface area contributed by atoms with Crippen molar-refractivity contribution in [3.05, 3.63) is 27.5 Å². The third kappa shape index (κ3) is 3.28. The lowest BCUT2D eigenvalue weighted by Gasteiger charge is -2.33. The van der Waals surface area contributed by atoms with Crippen LogP contribution in [0.25, 0.3) is 6.08 Å². The molecule has 0 spiro atoms. The van der Waals surface area contributed by atoms with E-state index in [0.717, 1.165) is 35.9 Å². The number of hydrogen-bond donors (Lipinski definition) is 1. The quantitative estimate of drug-likeness (QED) is 0.871. The van der Waals surface area contributed by atoms with E-state index in [1.807, 2.05) is 17.9 Å². The molecule has 108 valence electrons. The van der Waals surface area contributed by atoms with Crippen LogP contribution >= 0.6 is 11.3 Å². The summed E-state index contributed by atoms with van der Waals surface area (Å²) in [6.07, 6.45) is 5.96. The van der Waals surface area contributed by atoms with Gasteiger partial charge in [0.1, 0.15) is 0 Å². The maximum absolute atomic E-state index is 12.5. The van der Waals surface area contributed by atoms with Crippen molar-refractivity contribution in [2.24, 2.45) is 0 Å². The summed E-state index contributed by atoms with van der Waals surface area (Å²) >= 11 is 1.36. The Kier molecular flexibility index (Phi) is 4.60. The molecule has 1 saturated heterocycles. The predicted octanol–water partition coefficient (Wildman–Crippen LogP) is 3.17. The van der Waals surface area contributed by atoms with Crippen molar-refractivity contribution in [1.29, 1.82) is 0 Å².